The lowest BCUT2D eigenvalue weighted by Gasteiger charge is -2.18. The summed E-state index contributed by atoms with van der Waals surface area (Å²) in [5.41, 5.74) is 2.39. The maximum absolute atomic E-state index is 6.27. The second-order valence-electron chi connectivity index (χ2n) is 6.56. The third-order valence-corrected chi connectivity index (χ3v) is 5.48. The quantitative estimate of drug-likeness (QED) is 0.698. The van der Waals surface area contributed by atoms with Gasteiger partial charge in [0.15, 0.2) is 0 Å². The van der Waals surface area contributed by atoms with Crippen molar-refractivity contribution in [3.63, 3.8) is 0 Å². The second-order valence-corrected chi connectivity index (χ2v) is 11.6. The molecule has 0 fully saturated rings. The first-order valence-corrected chi connectivity index (χ1v) is 10.7. The number of benzene rings is 1. The Labute approximate surface area is 123 Å². The van der Waals surface area contributed by atoms with Gasteiger partial charge in [0, 0.05) is 17.0 Å². The zero-order valence-corrected chi connectivity index (χ0v) is 14.2. The molecule has 1 heterocycles. The fourth-order valence-electron chi connectivity index (χ4n) is 2.63. The van der Waals surface area contributed by atoms with Crippen LogP contribution in [0.5, 0.6) is 0 Å². The van der Waals surface area contributed by atoms with Crippen molar-refractivity contribution >= 4 is 19.3 Å². The fraction of sp³-hybridized carbons (Fsp3) is 0.333. The van der Waals surface area contributed by atoms with Crippen molar-refractivity contribution in [2.45, 2.75) is 39.4 Å². The van der Waals surface area contributed by atoms with E-state index in [0.29, 0.717) is 5.92 Å². The second kappa shape index (κ2) is 5.45. The lowest BCUT2D eigenvalue weighted by molar-refractivity contribution is 0.498. The van der Waals surface area contributed by atoms with Gasteiger partial charge < -0.3 is 4.42 Å². The minimum Gasteiger partial charge on any atom is -0.460 e. The fourth-order valence-corrected chi connectivity index (χ4v) is 4.54. The van der Waals surface area contributed by atoms with E-state index in [0.717, 1.165) is 11.5 Å². The average Bonchev–Trinajstić information content (AvgIpc) is 2.79. The molecule has 0 bridgehead atoms. The number of hydrogen-bond donors (Lipinski definition) is 0. The van der Waals surface area contributed by atoms with Crippen molar-refractivity contribution in [3.05, 3.63) is 48.2 Å². The summed E-state index contributed by atoms with van der Waals surface area (Å²) < 4.78 is 6.27. The summed E-state index contributed by atoms with van der Waals surface area (Å²) in [4.78, 5) is 0. The van der Waals surface area contributed by atoms with Gasteiger partial charge in [-0.05, 0) is 5.19 Å². The number of rotatable bonds is 4. The van der Waals surface area contributed by atoms with E-state index in [1.807, 2.05) is 12.1 Å². The molecule has 0 amide bonds. The minimum atomic E-state index is -1.52. The van der Waals surface area contributed by atoms with Gasteiger partial charge in [0.2, 0.25) is 0 Å². The van der Waals surface area contributed by atoms with Crippen molar-refractivity contribution < 1.29 is 4.42 Å². The maximum Gasteiger partial charge on any atom is 0.134 e. The summed E-state index contributed by atoms with van der Waals surface area (Å²) in [6.45, 7) is 15.5. The highest BCUT2D eigenvalue weighted by atomic mass is 28.3. The third-order valence-electron chi connectivity index (χ3n) is 3.49. The highest BCUT2D eigenvalue weighted by molar-refractivity contribution is 6.90. The van der Waals surface area contributed by atoms with E-state index in [9.17, 15) is 0 Å². The normalized spacial score (nSPS) is 11.9. The maximum atomic E-state index is 6.27. The average molecular weight is 284 g/mol. The lowest BCUT2D eigenvalue weighted by atomic mass is 10.1. The van der Waals surface area contributed by atoms with Crippen LogP contribution in [0.2, 0.25) is 19.6 Å². The molecule has 1 aromatic carbocycles. The topological polar surface area (TPSA) is 13.1 Å². The molecule has 0 saturated heterocycles. The Morgan fingerprint density at radius 1 is 1.10 bits per heavy atom. The zero-order chi connectivity index (χ0) is 14.9. The summed E-state index contributed by atoms with van der Waals surface area (Å²) in [6, 6.07) is 10.4. The molecule has 0 saturated carbocycles. The first kappa shape index (κ1) is 14.9. The van der Waals surface area contributed by atoms with Gasteiger partial charge in [0.25, 0.3) is 0 Å². The van der Waals surface area contributed by atoms with E-state index in [1.54, 1.807) is 0 Å². The molecule has 0 unspecified atom stereocenters. The van der Waals surface area contributed by atoms with Crippen LogP contribution >= 0.6 is 0 Å². The molecule has 0 radical (unpaired) electrons. The van der Waals surface area contributed by atoms with Gasteiger partial charge in [-0.15, -0.1) is 0 Å². The van der Waals surface area contributed by atoms with Gasteiger partial charge in [-0.25, -0.2) is 0 Å². The van der Waals surface area contributed by atoms with E-state index in [2.05, 4.69) is 64.3 Å². The molecule has 2 rings (SSSR count). The Morgan fingerprint density at radius 3 is 2.15 bits per heavy atom. The molecule has 2 aromatic rings. The Kier molecular flexibility index (Phi) is 4.05. The van der Waals surface area contributed by atoms with E-state index >= 15 is 0 Å². The summed E-state index contributed by atoms with van der Waals surface area (Å²) in [5.74, 6) is 2.48. The SMILES string of the molecule is C=Cc1c(C(C)C)oc(-c2ccccc2)c1[Si](C)(C)C. The molecule has 106 valence electrons. The number of hydrogen-bond acceptors (Lipinski definition) is 1. The Hall–Kier alpha value is -1.54. The summed E-state index contributed by atoms with van der Waals surface area (Å²) in [7, 11) is -1.52. The van der Waals surface area contributed by atoms with Gasteiger partial charge >= 0.3 is 0 Å². The van der Waals surface area contributed by atoms with Crippen LogP contribution in [0, 0.1) is 0 Å². The Balaban J connectivity index is 2.77. The predicted molar refractivity (Wildman–Crippen MR) is 91.3 cm³/mol. The van der Waals surface area contributed by atoms with Crippen molar-refractivity contribution in [3.8, 4) is 11.3 Å². The summed E-state index contributed by atoms with van der Waals surface area (Å²) in [6.07, 6.45) is 1.97. The zero-order valence-electron chi connectivity index (χ0n) is 13.2. The van der Waals surface area contributed by atoms with Gasteiger partial charge in [0.1, 0.15) is 11.5 Å². The van der Waals surface area contributed by atoms with Crippen LogP contribution in [0.4, 0.5) is 0 Å². The number of furan rings is 1. The highest BCUT2D eigenvalue weighted by Gasteiger charge is 2.30. The van der Waals surface area contributed by atoms with Gasteiger partial charge in [-0.3, -0.25) is 0 Å². The lowest BCUT2D eigenvalue weighted by Crippen LogP contribution is -2.39. The summed E-state index contributed by atoms with van der Waals surface area (Å²) in [5, 5.41) is 1.39. The molecule has 0 atom stereocenters. The molecule has 0 spiro atoms. The van der Waals surface area contributed by atoms with Crippen LogP contribution in [0.3, 0.4) is 0 Å². The molecule has 1 aromatic heterocycles. The Bertz CT molecular complexity index is 600. The minimum absolute atomic E-state index is 0.371. The van der Waals surface area contributed by atoms with Crippen LogP contribution in [0.25, 0.3) is 17.4 Å². The van der Waals surface area contributed by atoms with Gasteiger partial charge in [-0.2, -0.15) is 0 Å². The molecule has 0 aliphatic carbocycles. The van der Waals surface area contributed by atoms with Crippen LogP contribution in [0.15, 0.2) is 41.3 Å². The van der Waals surface area contributed by atoms with E-state index < -0.39 is 8.07 Å². The third kappa shape index (κ3) is 2.66. The van der Waals surface area contributed by atoms with Crippen molar-refractivity contribution in [2.24, 2.45) is 0 Å². The van der Waals surface area contributed by atoms with Gasteiger partial charge in [-0.1, -0.05) is 76.5 Å². The standard InChI is InChI=1S/C18H24OSi/c1-7-15-16(13(2)3)19-17(18(15)20(4,5)6)14-11-9-8-10-12-14/h7-13H,1H2,2-6H3. The van der Waals surface area contributed by atoms with E-state index in [-0.39, 0.29) is 0 Å². The van der Waals surface area contributed by atoms with Crippen molar-refractivity contribution in [1.29, 1.82) is 0 Å². The molecular weight excluding hydrogens is 260 g/mol. The van der Waals surface area contributed by atoms with Crippen LogP contribution in [-0.4, -0.2) is 8.07 Å². The monoisotopic (exact) mass is 284 g/mol. The van der Waals surface area contributed by atoms with Crippen LogP contribution in [0.1, 0.15) is 31.1 Å². The van der Waals surface area contributed by atoms with Crippen LogP contribution in [-0.2, 0) is 0 Å². The van der Waals surface area contributed by atoms with Crippen LogP contribution < -0.4 is 5.19 Å². The Morgan fingerprint density at radius 2 is 1.70 bits per heavy atom. The molecule has 1 nitrogen and oxygen atoms in total. The molecule has 0 aliphatic heterocycles. The first-order chi connectivity index (χ1) is 9.36. The smallest absolute Gasteiger partial charge is 0.134 e. The largest absolute Gasteiger partial charge is 0.460 e. The summed E-state index contributed by atoms with van der Waals surface area (Å²) >= 11 is 0. The van der Waals surface area contributed by atoms with Gasteiger partial charge in [0.05, 0.1) is 8.07 Å². The predicted octanol–water partition coefficient (Wildman–Crippen LogP) is 5.26. The van der Waals surface area contributed by atoms with Crippen molar-refractivity contribution in [2.75, 3.05) is 0 Å². The molecule has 2 heteroatoms. The van der Waals surface area contributed by atoms with Crippen molar-refractivity contribution in [1.82, 2.24) is 0 Å². The first-order valence-electron chi connectivity index (χ1n) is 7.21. The molecular formula is C18H24OSi. The van der Waals surface area contributed by atoms with E-state index in [4.69, 9.17) is 4.42 Å². The molecule has 0 N–H and O–H groups in total. The van der Waals surface area contributed by atoms with E-state index in [1.165, 1.54) is 16.3 Å². The molecule has 0 aliphatic rings. The highest BCUT2D eigenvalue weighted by Crippen LogP contribution is 2.31. The molecule has 20 heavy (non-hydrogen) atoms.